The number of carbonyl (C=O) groups is 2. The number of esters is 1. The first-order chi connectivity index (χ1) is 15.1. The lowest BCUT2D eigenvalue weighted by Crippen LogP contribution is -2.21. The van der Waals surface area contributed by atoms with E-state index in [9.17, 15) is 9.59 Å². The molecule has 0 unspecified atom stereocenters. The molecule has 0 fully saturated rings. The smallest absolute Gasteiger partial charge is 0.341 e. The quantitative estimate of drug-likeness (QED) is 0.418. The molecule has 1 N–H and O–H groups in total. The maximum atomic E-state index is 12.6. The average Bonchev–Trinajstić information content (AvgIpc) is 3.06. The number of nitrogens with one attached hydrogen (secondary N) is 1. The van der Waals surface area contributed by atoms with Gasteiger partial charge in [0.15, 0.2) is 6.61 Å². The minimum atomic E-state index is -0.529. The Morgan fingerprint density at radius 3 is 2.38 bits per heavy atom. The van der Waals surface area contributed by atoms with Crippen LogP contribution in [0.4, 0.5) is 5.00 Å². The molecule has 0 spiro atoms. The van der Waals surface area contributed by atoms with Crippen LogP contribution in [0.15, 0.2) is 48.5 Å². The molecule has 0 atom stereocenters. The van der Waals surface area contributed by atoms with Gasteiger partial charge in [-0.15, -0.1) is 11.3 Å². The fraction of sp³-hybridized carbons (Fsp3) is 0.280. The summed E-state index contributed by atoms with van der Waals surface area (Å²) >= 11 is 7.45. The van der Waals surface area contributed by atoms with Crippen LogP contribution < -0.4 is 10.1 Å². The van der Waals surface area contributed by atoms with Gasteiger partial charge in [-0.2, -0.15) is 0 Å². The van der Waals surface area contributed by atoms with Crippen LogP contribution in [-0.2, 0) is 14.9 Å². The summed E-state index contributed by atoms with van der Waals surface area (Å²) in [6, 6.07) is 14.9. The predicted molar refractivity (Wildman–Crippen MR) is 130 cm³/mol. The Morgan fingerprint density at radius 2 is 1.78 bits per heavy atom. The minimum absolute atomic E-state index is 0.0396. The lowest BCUT2D eigenvalue weighted by Gasteiger charge is -2.19. The molecule has 1 amide bonds. The highest BCUT2D eigenvalue weighted by molar-refractivity contribution is 7.17. The number of anilines is 1. The number of aryl methyl sites for hydroxylation is 1. The van der Waals surface area contributed by atoms with Crippen LogP contribution in [0, 0.1) is 6.92 Å². The minimum Gasteiger partial charge on any atom is -0.484 e. The number of carbonyl (C=O) groups excluding carboxylic acids is 2. The predicted octanol–water partition coefficient (Wildman–Crippen LogP) is 6.48. The Hall–Kier alpha value is -2.83. The van der Waals surface area contributed by atoms with Gasteiger partial charge < -0.3 is 14.8 Å². The van der Waals surface area contributed by atoms with Crippen molar-refractivity contribution in [1.29, 1.82) is 0 Å². The molecule has 5 nitrogen and oxygen atoms in total. The molecule has 2 aromatic carbocycles. The highest BCUT2D eigenvalue weighted by Crippen LogP contribution is 2.41. The van der Waals surface area contributed by atoms with E-state index < -0.39 is 5.97 Å². The van der Waals surface area contributed by atoms with E-state index in [1.165, 1.54) is 24.0 Å². The van der Waals surface area contributed by atoms with Crippen LogP contribution in [0.5, 0.6) is 5.75 Å². The van der Waals surface area contributed by atoms with Gasteiger partial charge in [-0.25, -0.2) is 4.79 Å². The van der Waals surface area contributed by atoms with Crippen molar-refractivity contribution in [2.24, 2.45) is 0 Å². The number of thiophene rings is 1. The van der Waals surface area contributed by atoms with E-state index in [-0.39, 0.29) is 17.9 Å². The topological polar surface area (TPSA) is 64.6 Å². The third-order valence-corrected chi connectivity index (χ3v) is 6.19. The second-order valence-corrected chi connectivity index (χ2v) is 10.0. The summed E-state index contributed by atoms with van der Waals surface area (Å²) in [5, 5.41) is 3.77. The zero-order valence-corrected chi connectivity index (χ0v) is 20.3. The number of benzene rings is 2. The third-order valence-electron chi connectivity index (χ3n) is 4.93. The van der Waals surface area contributed by atoms with Crippen LogP contribution in [0.3, 0.4) is 0 Å². The number of hydrogen-bond donors (Lipinski definition) is 1. The lowest BCUT2D eigenvalue weighted by atomic mass is 9.87. The van der Waals surface area contributed by atoms with Crippen LogP contribution in [-0.4, -0.2) is 25.6 Å². The number of hydrogen-bond acceptors (Lipinski definition) is 5. The van der Waals surface area contributed by atoms with Crippen molar-refractivity contribution in [3.63, 3.8) is 0 Å². The Labute approximate surface area is 197 Å². The number of halogens is 1. The van der Waals surface area contributed by atoms with Crippen molar-refractivity contribution < 1.29 is 19.1 Å². The Balaban J connectivity index is 1.79. The van der Waals surface area contributed by atoms with Crippen molar-refractivity contribution in [3.8, 4) is 16.9 Å². The van der Waals surface area contributed by atoms with Gasteiger partial charge in [-0.05, 0) is 47.7 Å². The molecular weight excluding hydrogens is 446 g/mol. The van der Waals surface area contributed by atoms with E-state index >= 15 is 0 Å². The van der Waals surface area contributed by atoms with Crippen molar-refractivity contribution in [2.75, 3.05) is 19.0 Å². The molecule has 0 radical (unpaired) electrons. The van der Waals surface area contributed by atoms with Gasteiger partial charge in [-0.3, -0.25) is 4.79 Å². The molecule has 3 rings (SSSR count). The van der Waals surface area contributed by atoms with Gasteiger partial charge in [0.2, 0.25) is 0 Å². The Kier molecular flexibility index (Phi) is 7.26. The van der Waals surface area contributed by atoms with Crippen molar-refractivity contribution in [2.45, 2.75) is 33.1 Å². The monoisotopic (exact) mass is 471 g/mol. The summed E-state index contributed by atoms with van der Waals surface area (Å²) in [7, 11) is 1.31. The highest BCUT2D eigenvalue weighted by Gasteiger charge is 2.25. The second-order valence-electron chi connectivity index (χ2n) is 8.35. The molecule has 0 saturated heterocycles. The number of rotatable bonds is 6. The molecular formula is C25H26ClNO4S. The molecule has 7 heteroatoms. The van der Waals surface area contributed by atoms with Crippen molar-refractivity contribution in [1.82, 2.24) is 0 Å². The molecule has 0 aliphatic carbocycles. The van der Waals surface area contributed by atoms with Crippen LogP contribution in [0.1, 0.15) is 41.6 Å². The Bertz CT molecular complexity index is 1130. The molecule has 3 aromatic rings. The van der Waals surface area contributed by atoms with Gasteiger partial charge >= 0.3 is 5.97 Å². The van der Waals surface area contributed by atoms with Gasteiger partial charge in [0.1, 0.15) is 16.3 Å². The fourth-order valence-electron chi connectivity index (χ4n) is 3.28. The molecule has 32 heavy (non-hydrogen) atoms. The number of ether oxygens (including phenoxy) is 2. The van der Waals surface area contributed by atoms with E-state index in [1.807, 2.05) is 43.3 Å². The lowest BCUT2D eigenvalue weighted by molar-refractivity contribution is -0.118. The SMILES string of the molecule is COC(=O)c1c(NC(=O)COc2ccc(C(C)(C)C)cc2)sc(C)c1-c1cccc(Cl)c1. The maximum Gasteiger partial charge on any atom is 0.341 e. The summed E-state index contributed by atoms with van der Waals surface area (Å²) in [6.07, 6.45) is 0. The fourth-order valence-corrected chi connectivity index (χ4v) is 4.55. The summed E-state index contributed by atoms with van der Waals surface area (Å²) in [6.45, 7) is 8.11. The van der Waals surface area contributed by atoms with Crippen LogP contribution >= 0.6 is 22.9 Å². The summed E-state index contributed by atoms with van der Waals surface area (Å²) < 4.78 is 10.6. The molecule has 0 saturated carbocycles. The summed E-state index contributed by atoms with van der Waals surface area (Å²) in [5.74, 6) is -0.296. The number of methoxy groups -OCH3 is 1. The van der Waals surface area contributed by atoms with Crippen molar-refractivity contribution >= 4 is 39.8 Å². The summed E-state index contributed by atoms with van der Waals surface area (Å²) in [4.78, 5) is 26.0. The molecule has 168 valence electrons. The van der Waals surface area contributed by atoms with E-state index in [0.29, 0.717) is 26.9 Å². The molecule has 1 heterocycles. The normalized spacial score (nSPS) is 11.2. The van der Waals surface area contributed by atoms with Gasteiger partial charge in [-0.1, -0.05) is 56.6 Å². The second kappa shape index (κ2) is 9.76. The highest BCUT2D eigenvalue weighted by atomic mass is 35.5. The zero-order valence-electron chi connectivity index (χ0n) is 18.7. The van der Waals surface area contributed by atoms with E-state index in [1.54, 1.807) is 12.1 Å². The van der Waals surface area contributed by atoms with E-state index in [0.717, 1.165) is 10.4 Å². The third kappa shape index (κ3) is 5.50. The molecule has 0 aliphatic rings. The van der Waals surface area contributed by atoms with E-state index in [4.69, 9.17) is 21.1 Å². The first-order valence-corrected chi connectivity index (χ1v) is 11.3. The standard InChI is InChI=1S/C25H26ClNO4S/c1-15-21(16-7-6-8-18(26)13-16)22(24(29)30-5)23(32-15)27-20(28)14-31-19-11-9-17(10-12-19)25(2,3)4/h6-13H,14H2,1-5H3,(H,27,28). The average molecular weight is 472 g/mol. The maximum absolute atomic E-state index is 12.6. The number of amides is 1. The van der Waals surface area contributed by atoms with Crippen molar-refractivity contribution in [3.05, 3.63) is 69.6 Å². The molecule has 0 bridgehead atoms. The molecule has 0 aliphatic heterocycles. The van der Waals surface area contributed by atoms with Gasteiger partial charge in [0.25, 0.3) is 5.91 Å². The first kappa shape index (κ1) is 23.8. The van der Waals surface area contributed by atoms with Gasteiger partial charge in [0.05, 0.1) is 7.11 Å². The summed E-state index contributed by atoms with van der Waals surface area (Å²) in [5.41, 5.74) is 3.00. The first-order valence-electron chi connectivity index (χ1n) is 10.1. The Morgan fingerprint density at radius 1 is 1.09 bits per heavy atom. The zero-order chi connectivity index (χ0) is 23.5. The van der Waals surface area contributed by atoms with Crippen LogP contribution in [0.2, 0.25) is 5.02 Å². The largest absolute Gasteiger partial charge is 0.484 e. The van der Waals surface area contributed by atoms with Crippen LogP contribution in [0.25, 0.3) is 11.1 Å². The molecule has 1 aromatic heterocycles. The van der Waals surface area contributed by atoms with E-state index in [2.05, 4.69) is 26.1 Å². The van der Waals surface area contributed by atoms with Gasteiger partial charge in [0, 0.05) is 15.5 Å².